The molecule has 0 radical (unpaired) electrons. The van der Waals surface area contributed by atoms with E-state index in [1.165, 1.54) is 11.7 Å². The molecule has 0 spiro atoms. The minimum atomic E-state index is -0.672. The van der Waals surface area contributed by atoms with Crippen LogP contribution in [0.15, 0.2) is 22.2 Å². The fourth-order valence-electron chi connectivity index (χ4n) is 1.09. The first-order chi connectivity index (χ1) is 8.58. The van der Waals surface area contributed by atoms with Gasteiger partial charge in [0.05, 0.1) is 10.0 Å². The number of rotatable bonds is 3. The second-order valence-electron chi connectivity index (χ2n) is 2.98. The van der Waals surface area contributed by atoms with Crippen molar-refractivity contribution >= 4 is 44.1 Å². The third-order valence-electron chi connectivity index (χ3n) is 1.85. The summed E-state index contributed by atoms with van der Waals surface area (Å²) >= 11 is 4.25. The number of hydrogen-bond acceptors (Lipinski definition) is 7. The average molecular weight is 330 g/mol. The van der Waals surface area contributed by atoms with Crippen LogP contribution in [-0.2, 0) is 0 Å². The molecule has 92 valence electrons. The van der Waals surface area contributed by atoms with E-state index in [0.717, 1.165) is 17.4 Å². The molecule has 0 aliphatic rings. The van der Waals surface area contributed by atoms with Gasteiger partial charge in [0.1, 0.15) is 5.51 Å². The van der Waals surface area contributed by atoms with Gasteiger partial charge < -0.3 is 10.1 Å². The molecule has 0 atom stereocenters. The van der Waals surface area contributed by atoms with Crippen LogP contribution in [0, 0.1) is 10.1 Å². The second-order valence-corrected chi connectivity index (χ2v) is 4.67. The van der Waals surface area contributed by atoms with E-state index in [4.69, 9.17) is 0 Å². The molecule has 0 aliphatic heterocycles. The monoisotopic (exact) mass is 329 g/mol. The molecule has 0 bridgehead atoms. The molecule has 8 nitrogen and oxygen atoms in total. The van der Waals surface area contributed by atoms with Gasteiger partial charge in [-0.15, -0.1) is 10.2 Å². The summed E-state index contributed by atoms with van der Waals surface area (Å²) in [5.41, 5.74) is 1.56. The van der Waals surface area contributed by atoms with E-state index in [-0.39, 0.29) is 5.56 Å². The zero-order valence-electron chi connectivity index (χ0n) is 8.53. The molecule has 2 heterocycles. The quantitative estimate of drug-likeness (QED) is 0.679. The Labute approximate surface area is 112 Å². The molecule has 2 aromatic rings. The third kappa shape index (κ3) is 2.65. The van der Waals surface area contributed by atoms with Crippen LogP contribution < -0.4 is 5.32 Å². The highest BCUT2D eigenvalue weighted by molar-refractivity contribution is 9.10. The summed E-state index contributed by atoms with van der Waals surface area (Å²) in [7, 11) is 0. The Kier molecular flexibility index (Phi) is 3.58. The zero-order valence-corrected chi connectivity index (χ0v) is 10.9. The largest absolute Gasteiger partial charge is 0.364 e. The van der Waals surface area contributed by atoms with Crippen molar-refractivity contribution in [1.82, 2.24) is 15.2 Å². The summed E-state index contributed by atoms with van der Waals surface area (Å²) in [4.78, 5) is 25.3. The molecular formula is C8H4BrN5O3S. The lowest BCUT2D eigenvalue weighted by Crippen LogP contribution is -2.13. The fraction of sp³-hybridized carbons (Fsp3) is 0. The van der Waals surface area contributed by atoms with Crippen molar-refractivity contribution in [3.05, 3.63) is 37.9 Å². The van der Waals surface area contributed by atoms with Crippen LogP contribution in [0.1, 0.15) is 10.4 Å². The minimum absolute atomic E-state index is 0.104. The van der Waals surface area contributed by atoms with E-state index in [9.17, 15) is 14.9 Å². The highest BCUT2D eigenvalue weighted by Crippen LogP contribution is 2.21. The molecule has 0 aliphatic carbocycles. The van der Waals surface area contributed by atoms with Crippen molar-refractivity contribution in [3.63, 3.8) is 0 Å². The first-order valence-electron chi connectivity index (χ1n) is 4.45. The van der Waals surface area contributed by atoms with E-state index in [2.05, 4.69) is 36.4 Å². The van der Waals surface area contributed by atoms with Gasteiger partial charge in [0.15, 0.2) is 6.20 Å². The number of carbonyl (C=O) groups is 1. The Hall–Kier alpha value is -1.94. The molecule has 10 heteroatoms. The van der Waals surface area contributed by atoms with Crippen LogP contribution in [0.2, 0.25) is 0 Å². The fourth-order valence-corrected chi connectivity index (χ4v) is 1.93. The standard InChI is InChI=1S/C8H4BrN5O3S/c9-5-2-10-6(14(16)17)1-4(5)7(15)12-8-13-11-3-18-8/h1-3H,(H,12,13,15). The summed E-state index contributed by atoms with van der Waals surface area (Å²) < 4.78 is 0.357. The molecule has 18 heavy (non-hydrogen) atoms. The number of hydrogen-bond donors (Lipinski definition) is 1. The van der Waals surface area contributed by atoms with E-state index >= 15 is 0 Å². The SMILES string of the molecule is O=C(Nc1nncs1)c1cc([N+](=O)[O-])ncc1Br. The summed E-state index contributed by atoms with van der Waals surface area (Å²) in [5, 5.41) is 20.6. The van der Waals surface area contributed by atoms with Crippen molar-refractivity contribution in [2.45, 2.75) is 0 Å². The minimum Gasteiger partial charge on any atom is -0.358 e. The maximum atomic E-state index is 11.9. The third-order valence-corrected chi connectivity index (χ3v) is 3.09. The maximum absolute atomic E-state index is 11.9. The molecule has 0 saturated heterocycles. The van der Waals surface area contributed by atoms with E-state index < -0.39 is 16.6 Å². The molecule has 1 amide bonds. The number of anilines is 1. The zero-order chi connectivity index (χ0) is 13.1. The van der Waals surface area contributed by atoms with Crippen LogP contribution >= 0.6 is 27.3 Å². The highest BCUT2D eigenvalue weighted by atomic mass is 79.9. The van der Waals surface area contributed by atoms with E-state index in [1.54, 1.807) is 0 Å². The average Bonchev–Trinajstić information content (AvgIpc) is 2.81. The van der Waals surface area contributed by atoms with E-state index in [1.807, 2.05) is 0 Å². The van der Waals surface area contributed by atoms with Crippen molar-refractivity contribution in [3.8, 4) is 0 Å². The number of nitro groups is 1. The first-order valence-corrected chi connectivity index (χ1v) is 6.12. The molecule has 0 aromatic carbocycles. The van der Waals surface area contributed by atoms with Gasteiger partial charge in [-0.3, -0.25) is 10.1 Å². The molecule has 0 unspecified atom stereocenters. The predicted octanol–water partition coefficient (Wildman–Crippen LogP) is 1.86. The second kappa shape index (κ2) is 5.14. The number of carbonyl (C=O) groups excluding carboxylic acids is 1. The Morgan fingerprint density at radius 3 is 2.94 bits per heavy atom. The lowest BCUT2D eigenvalue weighted by Gasteiger charge is -2.02. The van der Waals surface area contributed by atoms with Gasteiger partial charge in [-0.2, -0.15) is 0 Å². The van der Waals surface area contributed by atoms with Crippen LogP contribution in [0.3, 0.4) is 0 Å². The smallest absolute Gasteiger partial charge is 0.358 e. The molecule has 2 rings (SSSR count). The normalized spacial score (nSPS) is 10.1. The Bertz CT molecular complexity index is 603. The molecule has 0 fully saturated rings. The highest BCUT2D eigenvalue weighted by Gasteiger charge is 2.18. The Morgan fingerprint density at radius 2 is 2.33 bits per heavy atom. The lowest BCUT2D eigenvalue weighted by molar-refractivity contribution is -0.389. The van der Waals surface area contributed by atoms with Crippen molar-refractivity contribution in [2.24, 2.45) is 0 Å². The topological polar surface area (TPSA) is 111 Å². The Balaban J connectivity index is 2.29. The lowest BCUT2D eigenvalue weighted by atomic mass is 10.2. The number of amides is 1. The van der Waals surface area contributed by atoms with Crippen molar-refractivity contribution in [1.29, 1.82) is 0 Å². The maximum Gasteiger partial charge on any atom is 0.364 e. The summed E-state index contributed by atoms with van der Waals surface area (Å²) in [6.07, 6.45) is 1.20. The van der Waals surface area contributed by atoms with Gasteiger partial charge >= 0.3 is 5.82 Å². The number of halogens is 1. The molecular weight excluding hydrogens is 326 g/mol. The van der Waals surface area contributed by atoms with Gasteiger partial charge in [0.25, 0.3) is 5.91 Å². The number of aromatic nitrogens is 3. The summed E-state index contributed by atoms with van der Waals surface area (Å²) in [6, 6.07) is 1.08. The number of nitrogens with one attached hydrogen (secondary N) is 1. The van der Waals surface area contributed by atoms with Gasteiger partial charge in [-0.1, -0.05) is 11.3 Å². The Morgan fingerprint density at radius 1 is 1.56 bits per heavy atom. The van der Waals surface area contributed by atoms with Gasteiger partial charge in [-0.25, -0.2) is 0 Å². The first kappa shape index (κ1) is 12.5. The molecule has 1 N–H and O–H groups in total. The molecule has 2 aromatic heterocycles. The predicted molar refractivity (Wildman–Crippen MR) is 66.5 cm³/mol. The van der Waals surface area contributed by atoms with Gasteiger partial charge in [0.2, 0.25) is 5.13 Å². The van der Waals surface area contributed by atoms with Crippen molar-refractivity contribution < 1.29 is 9.72 Å². The van der Waals surface area contributed by atoms with Gasteiger partial charge in [-0.05, 0) is 25.8 Å². The number of nitrogens with zero attached hydrogens (tertiary/aromatic N) is 4. The molecule has 0 saturated carbocycles. The number of pyridine rings is 1. The van der Waals surface area contributed by atoms with Crippen LogP contribution in [0.5, 0.6) is 0 Å². The van der Waals surface area contributed by atoms with Gasteiger partial charge in [0, 0.05) is 6.07 Å². The van der Waals surface area contributed by atoms with Crippen LogP contribution in [-0.4, -0.2) is 26.0 Å². The van der Waals surface area contributed by atoms with Crippen LogP contribution in [0.4, 0.5) is 10.9 Å². The summed E-state index contributed by atoms with van der Waals surface area (Å²) in [5.74, 6) is -0.926. The van der Waals surface area contributed by atoms with Crippen molar-refractivity contribution in [2.75, 3.05) is 5.32 Å². The van der Waals surface area contributed by atoms with E-state index in [0.29, 0.717) is 9.60 Å². The van der Waals surface area contributed by atoms with Crippen LogP contribution in [0.25, 0.3) is 0 Å². The summed E-state index contributed by atoms with van der Waals surface area (Å²) in [6.45, 7) is 0.